The molecule has 3 N–H and O–H groups in total. The summed E-state index contributed by atoms with van der Waals surface area (Å²) in [6.07, 6.45) is 1.97. The van der Waals surface area contributed by atoms with Gasteiger partial charge in [0.2, 0.25) is 6.39 Å². The van der Waals surface area contributed by atoms with Gasteiger partial charge in [-0.1, -0.05) is 5.16 Å². The van der Waals surface area contributed by atoms with Gasteiger partial charge in [-0.3, -0.25) is 4.99 Å². The highest BCUT2D eigenvalue weighted by molar-refractivity contribution is 5.77. The average molecular weight is 169 g/mol. The van der Waals surface area contributed by atoms with Crippen LogP contribution in [0.1, 0.15) is 5.82 Å². The van der Waals surface area contributed by atoms with Crippen molar-refractivity contribution in [3.63, 3.8) is 0 Å². The third kappa shape index (κ3) is 2.57. The molecule has 0 bridgehead atoms. The first kappa shape index (κ1) is 8.51. The van der Waals surface area contributed by atoms with Crippen molar-refractivity contribution in [1.82, 2.24) is 15.5 Å². The van der Waals surface area contributed by atoms with Crippen LogP contribution in [0.5, 0.6) is 0 Å². The van der Waals surface area contributed by atoms with E-state index in [-0.39, 0.29) is 0 Å². The maximum atomic E-state index is 5.39. The van der Waals surface area contributed by atoms with Crippen LogP contribution < -0.4 is 11.1 Å². The number of nitrogens with one attached hydrogen (secondary N) is 1. The number of guanidine groups is 1. The van der Waals surface area contributed by atoms with Crippen LogP contribution in [0.15, 0.2) is 15.9 Å². The Balaban J connectivity index is 2.19. The molecule has 0 amide bonds. The zero-order chi connectivity index (χ0) is 8.81. The summed E-state index contributed by atoms with van der Waals surface area (Å²) in [7, 11) is 1.62. The summed E-state index contributed by atoms with van der Waals surface area (Å²) in [5.74, 6) is 1.07. The van der Waals surface area contributed by atoms with Gasteiger partial charge in [0, 0.05) is 20.0 Å². The van der Waals surface area contributed by atoms with E-state index in [4.69, 9.17) is 5.73 Å². The van der Waals surface area contributed by atoms with Crippen LogP contribution in [0.4, 0.5) is 0 Å². The fourth-order valence-electron chi connectivity index (χ4n) is 0.684. The van der Waals surface area contributed by atoms with E-state index < -0.39 is 0 Å². The van der Waals surface area contributed by atoms with Gasteiger partial charge in [0.05, 0.1) is 0 Å². The van der Waals surface area contributed by atoms with Crippen molar-refractivity contribution in [2.45, 2.75) is 6.42 Å². The molecule has 0 aliphatic rings. The molecule has 0 spiro atoms. The summed E-state index contributed by atoms with van der Waals surface area (Å²) < 4.78 is 4.55. The van der Waals surface area contributed by atoms with Crippen LogP contribution in [0.3, 0.4) is 0 Å². The molecule has 1 aromatic rings. The first-order valence-electron chi connectivity index (χ1n) is 3.54. The highest BCUT2D eigenvalue weighted by Gasteiger charge is 1.97. The summed E-state index contributed by atoms with van der Waals surface area (Å²) in [6.45, 7) is 0.655. The molecule has 6 nitrogen and oxygen atoms in total. The molecule has 12 heavy (non-hydrogen) atoms. The van der Waals surface area contributed by atoms with Gasteiger partial charge >= 0.3 is 0 Å². The number of hydrogen-bond donors (Lipinski definition) is 2. The largest absolute Gasteiger partial charge is 0.370 e. The fraction of sp³-hybridized carbons (Fsp3) is 0.500. The van der Waals surface area contributed by atoms with E-state index >= 15 is 0 Å². The smallest absolute Gasteiger partial charge is 0.213 e. The average Bonchev–Trinajstić information content (AvgIpc) is 2.57. The third-order valence-electron chi connectivity index (χ3n) is 1.30. The standard InChI is InChI=1S/C6H11N5O/c1-8-6(7)9-3-2-5-10-4-12-11-5/h4H,2-3H2,1H3,(H3,7,8,9). The van der Waals surface area contributed by atoms with Crippen molar-refractivity contribution < 1.29 is 4.52 Å². The Bertz CT molecular complexity index is 242. The second kappa shape index (κ2) is 4.32. The van der Waals surface area contributed by atoms with Crippen molar-refractivity contribution in [2.75, 3.05) is 13.6 Å². The van der Waals surface area contributed by atoms with Gasteiger partial charge in [-0.25, -0.2) is 0 Å². The highest BCUT2D eigenvalue weighted by atomic mass is 16.5. The molecule has 0 aromatic carbocycles. The van der Waals surface area contributed by atoms with E-state index in [1.165, 1.54) is 6.39 Å². The summed E-state index contributed by atoms with van der Waals surface area (Å²) in [4.78, 5) is 7.57. The Morgan fingerprint density at radius 2 is 2.67 bits per heavy atom. The van der Waals surface area contributed by atoms with Gasteiger partial charge in [-0.2, -0.15) is 4.98 Å². The molecule has 0 fully saturated rings. The second-order valence-corrected chi connectivity index (χ2v) is 2.13. The lowest BCUT2D eigenvalue weighted by molar-refractivity contribution is 0.410. The van der Waals surface area contributed by atoms with E-state index in [1.54, 1.807) is 7.05 Å². The van der Waals surface area contributed by atoms with Crippen LogP contribution in [0, 0.1) is 0 Å². The molecule has 0 aliphatic carbocycles. The fourth-order valence-corrected chi connectivity index (χ4v) is 0.684. The zero-order valence-corrected chi connectivity index (χ0v) is 6.82. The third-order valence-corrected chi connectivity index (χ3v) is 1.30. The monoisotopic (exact) mass is 169 g/mol. The van der Waals surface area contributed by atoms with Crippen molar-refractivity contribution in [2.24, 2.45) is 10.7 Å². The van der Waals surface area contributed by atoms with Crippen LogP contribution in [0.2, 0.25) is 0 Å². The van der Waals surface area contributed by atoms with Crippen LogP contribution in [-0.2, 0) is 6.42 Å². The summed E-state index contributed by atoms with van der Waals surface area (Å²) in [6, 6.07) is 0. The SMILES string of the molecule is CN=C(N)NCCc1ncon1. The van der Waals surface area contributed by atoms with Crippen molar-refractivity contribution in [3.05, 3.63) is 12.2 Å². The number of aliphatic imine (C=N–C) groups is 1. The molecule has 1 rings (SSSR count). The van der Waals surface area contributed by atoms with Gasteiger partial charge in [-0.15, -0.1) is 0 Å². The molecule has 0 radical (unpaired) electrons. The lowest BCUT2D eigenvalue weighted by Gasteiger charge is -2.00. The summed E-state index contributed by atoms with van der Waals surface area (Å²) >= 11 is 0. The van der Waals surface area contributed by atoms with E-state index in [2.05, 4.69) is 25.0 Å². The molecule has 0 aliphatic heterocycles. The number of aromatic nitrogens is 2. The van der Waals surface area contributed by atoms with Crippen LogP contribution >= 0.6 is 0 Å². The molecule has 1 heterocycles. The highest BCUT2D eigenvalue weighted by Crippen LogP contribution is 1.87. The van der Waals surface area contributed by atoms with Crippen molar-refractivity contribution in [1.29, 1.82) is 0 Å². The van der Waals surface area contributed by atoms with E-state index in [0.29, 0.717) is 24.7 Å². The van der Waals surface area contributed by atoms with Crippen LogP contribution in [-0.4, -0.2) is 29.7 Å². The maximum absolute atomic E-state index is 5.39. The predicted molar refractivity (Wildman–Crippen MR) is 43.6 cm³/mol. The number of nitrogens with zero attached hydrogens (tertiary/aromatic N) is 3. The Hall–Kier alpha value is -1.59. The molecule has 0 unspecified atom stereocenters. The minimum Gasteiger partial charge on any atom is -0.370 e. The van der Waals surface area contributed by atoms with Gasteiger partial charge in [0.15, 0.2) is 11.8 Å². The first-order chi connectivity index (χ1) is 5.83. The van der Waals surface area contributed by atoms with E-state index in [0.717, 1.165) is 0 Å². The molecule has 0 saturated carbocycles. The van der Waals surface area contributed by atoms with Gasteiger partial charge in [-0.05, 0) is 0 Å². The Morgan fingerprint density at radius 1 is 1.83 bits per heavy atom. The lowest BCUT2D eigenvalue weighted by atomic mass is 10.4. The molecule has 0 atom stereocenters. The maximum Gasteiger partial charge on any atom is 0.213 e. The molecular weight excluding hydrogens is 158 g/mol. The summed E-state index contributed by atoms with van der Waals surface area (Å²) in [5.41, 5.74) is 5.39. The first-order valence-corrected chi connectivity index (χ1v) is 3.54. The van der Waals surface area contributed by atoms with Crippen molar-refractivity contribution >= 4 is 5.96 Å². The Labute approximate surface area is 69.9 Å². The molecule has 6 heteroatoms. The van der Waals surface area contributed by atoms with Crippen LogP contribution in [0.25, 0.3) is 0 Å². The minimum absolute atomic E-state index is 0.415. The number of rotatable bonds is 3. The Kier molecular flexibility index (Phi) is 3.06. The zero-order valence-electron chi connectivity index (χ0n) is 6.82. The second-order valence-electron chi connectivity index (χ2n) is 2.13. The molecule has 0 saturated heterocycles. The van der Waals surface area contributed by atoms with Gasteiger partial charge in [0.1, 0.15) is 0 Å². The van der Waals surface area contributed by atoms with E-state index in [1.807, 2.05) is 0 Å². The lowest BCUT2D eigenvalue weighted by Crippen LogP contribution is -2.33. The Morgan fingerprint density at radius 3 is 3.25 bits per heavy atom. The quantitative estimate of drug-likeness (QED) is 0.454. The van der Waals surface area contributed by atoms with Gasteiger partial charge < -0.3 is 15.6 Å². The minimum atomic E-state index is 0.415. The number of nitrogens with two attached hydrogens (primary N) is 1. The number of hydrogen-bond acceptors (Lipinski definition) is 4. The van der Waals surface area contributed by atoms with E-state index in [9.17, 15) is 0 Å². The topological polar surface area (TPSA) is 89.3 Å². The molecule has 66 valence electrons. The summed E-state index contributed by atoms with van der Waals surface area (Å²) in [5, 5.41) is 6.51. The van der Waals surface area contributed by atoms with Gasteiger partial charge in [0.25, 0.3) is 0 Å². The normalized spacial score (nSPS) is 11.6. The predicted octanol–water partition coefficient (Wildman–Crippen LogP) is -0.854. The molecular formula is C6H11N5O. The molecule has 1 aromatic heterocycles. The van der Waals surface area contributed by atoms with Crippen molar-refractivity contribution in [3.8, 4) is 0 Å².